The van der Waals surface area contributed by atoms with Crippen molar-refractivity contribution in [1.82, 2.24) is 5.27 Å². The fraction of sp³-hybridized carbons (Fsp3) is 0. The maximum Gasteiger partial charge on any atom is 0.274 e. The minimum atomic E-state index is -0.816. The van der Waals surface area contributed by atoms with E-state index in [0.29, 0.717) is 6.07 Å². The van der Waals surface area contributed by atoms with Crippen LogP contribution in [0.15, 0.2) is 28.9 Å². The number of benzene rings is 1. The van der Waals surface area contributed by atoms with Gasteiger partial charge < -0.3 is 9.63 Å². The van der Waals surface area contributed by atoms with Crippen molar-refractivity contribution in [1.29, 1.82) is 0 Å². The minimum Gasteiger partial charge on any atom is -0.539 e. The first-order chi connectivity index (χ1) is 6.66. The van der Waals surface area contributed by atoms with E-state index < -0.39 is 17.6 Å². The third-order valence-electron chi connectivity index (χ3n) is 1.60. The van der Waals surface area contributed by atoms with E-state index in [-0.39, 0.29) is 5.69 Å². The van der Waals surface area contributed by atoms with Crippen molar-refractivity contribution in [2.75, 3.05) is 0 Å². The summed E-state index contributed by atoms with van der Waals surface area (Å²) in [6, 6.07) is 2.92. The molecule has 0 amide bonds. The number of nitrogens with zero attached hydrogens (tertiary/aromatic N) is 2. The summed E-state index contributed by atoms with van der Waals surface area (Å²) in [5.74, 6) is -2.21. The van der Waals surface area contributed by atoms with Crippen LogP contribution in [0.4, 0.5) is 8.78 Å². The fourth-order valence-electron chi connectivity index (χ4n) is 1.01. The topological polar surface area (TPSA) is 53.0 Å². The van der Waals surface area contributed by atoms with E-state index in [1.54, 1.807) is 0 Å². The van der Waals surface area contributed by atoms with Crippen LogP contribution in [0.5, 0.6) is 5.95 Å². The molecule has 0 aliphatic rings. The van der Waals surface area contributed by atoms with Crippen LogP contribution in [0.2, 0.25) is 0 Å². The lowest BCUT2D eigenvalue weighted by Crippen LogP contribution is -2.32. The molecule has 0 saturated carbocycles. The van der Waals surface area contributed by atoms with Gasteiger partial charge in [-0.1, -0.05) is 0 Å². The summed E-state index contributed by atoms with van der Waals surface area (Å²) in [5, 5.41) is 13.8. The third-order valence-corrected chi connectivity index (χ3v) is 1.60. The van der Waals surface area contributed by atoms with Crippen LogP contribution in [0, 0.1) is 11.6 Å². The molecule has 0 saturated heterocycles. The van der Waals surface area contributed by atoms with Gasteiger partial charge in [0, 0.05) is 12.1 Å². The molecule has 2 aromatic rings. The Kier molecular flexibility index (Phi) is 1.88. The lowest BCUT2D eigenvalue weighted by molar-refractivity contribution is -0.672. The lowest BCUT2D eigenvalue weighted by Gasteiger charge is -1.91. The molecule has 1 aromatic carbocycles. The van der Waals surface area contributed by atoms with Gasteiger partial charge >= 0.3 is 0 Å². The first-order valence-electron chi connectivity index (χ1n) is 3.68. The Hall–Kier alpha value is -1.98. The van der Waals surface area contributed by atoms with Crippen LogP contribution in [-0.4, -0.2) is 5.27 Å². The van der Waals surface area contributed by atoms with E-state index in [1.165, 1.54) is 0 Å². The molecule has 72 valence electrons. The van der Waals surface area contributed by atoms with Crippen molar-refractivity contribution in [3.63, 3.8) is 0 Å². The standard InChI is InChI=1S/C8H4F2N2O2/c9-5-1-2-7(6(10)3-5)12-4-8(13)14-11-12/h1-4H. The van der Waals surface area contributed by atoms with E-state index in [1.807, 2.05) is 0 Å². The van der Waals surface area contributed by atoms with Gasteiger partial charge in [0.1, 0.15) is 11.8 Å². The van der Waals surface area contributed by atoms with Crippen molar-refractivity contribution in [3.05, 3.63) is 36.0 Å². The van der Waals surface area contributed by atoms with E-state index in [0.717, 1.165) is 23.0 Å². The van der Waals surface area contributed by atoms with Gasteiger partial charge in [-0.15, -0.1) is 0 Å². The van der Waals surface area contributed by atoms with Crippen LogP contribution in [0.25, 0.3) is 5.69 Å². The second-order valence-corrected chi connectivity index (χ2v) is 2.56. The third kappa shape index (κ3) is 1.41. The van der Waals surface area contributed by atoms with Crippen LogP contribution in [-0.2, 0) is 0 Å². The molecule has 2 rings (SSSR count). The monoisotopic (exact) mass is 198 g/mol. The molecule has 0 aliphatic heterocycles. The highest BCUT2D eigenvalue weighted by Gasteiger charge is 2.15. The Balaban J connectivity index is 2.52. The van der Waals surface area contributed by atoms with E-state index in [9.17, 15) is 13.9 Å². The summed E-state index contributed by atoms with van der Waals surface area (Å²) >= 11 is 0. The maximum atomic E-state index is 13.1. The van der Waals surface area contributed by atoms with Crippen molar-refractivity contribution < 1.29 is 23.1 Å². The first-order valence-corrected chi connectivity index (χ1v) is 3.68. The van der Waals surface area contributed by atoms with E-state index >= 15 is 0 Å². The molecule has 14 heavy (non-hydrogen) atoms. The molecule has 0 aliphatic carbocycles. The summed E-state index contributed by atoms with van der Waals surface area (Å²) in [6.45, 7) is 0. The van der Waals surface area contributed by atoms with Crippen LogP contribution < -0.4 is 9.79 Å². The van der Waals surface area contributed by atoms with Crippen molar-refractivity contribution >= 4 is 0 Å². The first kappa shape index (κ1) is 8.61. The van der Waals surface area contributed by atoms with Gasteiger partial charge in [-0.25, -0.2) is 4.39 Å². The van der Waals surface area contributed by atoms with Gasteiger partial charge in [-0.3, -0.25) is 0 Å². The molecule has 0 atom stereocenters. The van der Waals surface area contributed by atoms with Gasteiger partial charge in [0.05, 0.1) is 5.27 Å². The molecule has 6 heteroatoms. The van der Waals surface area contributed by atoms with Gasteiger partial charge in [0.15, 0.2) is 5.82 Å². The zero-order chi connectivity index (χ0) is 10.1. The summed E-state index contributed by atoms with van der Waals surface area (Å²) in [5.41, 5.74) is -0.0442. The molecule has 1 heterocycles. The number of halogens is 2. The predicted molar refractivity (Wildman–Crippen MR) is 37.4 cm³/mol. The molecule has 0 fully saturated rings. The molecule has 0 N–H and O–H groups in total. The van der Waals surface area contributed by atoms with Crippen LogP contribution in [0.3, 0.4) is 0 Å². The predicted octanol–water partition coefficient (Wildman–Crippen LogP) is 0.303. The van der Waals surface area contributed by atoms with E-state index in [4.69, 9.17) is 0 Å². The van der Waals surface area contributed by atoms with Gasteiger partial charge in [0.25, 0.3) is 5.69 Å². The normalized spacial score (nSPS) is 10.4. The second kappa shape index (κ2) is 3.06. The smallest absolute Gasteiger partial charge is 0.274 e. The molecular formula is C8H4F2N2O2. The summed E-state index contributed by atoms with van der Waals surface area (Å²) < 4.78 is 30.7. The fourth-order valence-corrected chi connectivity index (χ4v) is 1.01. The Morgan fingerprint density at radius 1 is 1.36 bits per heavy atom. The van der Waals surface area contributed by atoms with Crippen molar-refractivity contribution in [3.8, 4) is 11.6 Å². The Labute approximate surface area is 77.0 Å². The molecule has 1 aromatic heterocycles. The van der Waals surface area contributed by atoms with E-state index in [2.05, 4.69) is 9.79 Å². The molecule has 0 unspecified atom stereocenters. The van der Waals surface area contributed by atoms with Crippen molar-refractivity contribution in [2.24, 2.45) is 0 Å². The SMILES string of the molecule is [O-]c1c[n+](-c2ccc(F)cc2F)no1. The number of rotatable bonds is 1. The van der Waals surface area contributed by atoms with Crippen LogP contribution >= 0.6 is 0 Å². The quantitative estimate of drug-likeness (QED) is 0.619. The molecular weight excluding hydrogens is 194 g/mol. The highest BCUT2D eigenvalue weighted by atomic mass is 19.1. The average molecular weight is 198 g/mol. The Morgan fingerprint density at radius 3 is 2.71 bits per heavy atom. The highest BCUT2D eigenvalue weighted by molar-refractivity contribution is 5.24. The number of hydrogen-bond acceptors (Lipinski definition) is 3. The maximum absolute atomic E-state index is 13.1. The van der Waals surface area contributed by atoms with Crippen LogP contribution in [0.1, 0.15) is 0 Å². The Morgan fingerprint density at radius 2 is 2.14 bits per heavy atom. The molecule has 0 bridgehead atoms. The minimum absolute atomic E-state index is 0.0442. The highest BCUT2D eigenvalue weighted by Crippen LogP contribution is 2.09. The van der Waals surface area contributed by atoms with Gasteiger partial charge in [0.2, 0.25) is 6.20 Å². The zero-order valence-corrected chi connectivity index (χ0v) is 6.78. The average Bonchev–Trinajstić information content (AvgIpc) is 2.51. The summed E-state index contributed by atoms with van der Waals surface area (Å²) in [4.78, 5) is 0. The van der Waals surface area contributed by atoms with Crippen molar-refractivity contribution in [2.45, 2.75) is 0 Å². The number of aromatic nitrogens is 2. The zero-order valence-electron chi connectivity index (χ0n) is 6.78. The molecule has 0 spiro atoms. The molecule has 4 nitrogen and oxygen atoms in total. The molecule has 0 radical (unpaired) electrons. The van der Waals surface area contributed by atoms with Gasteiger partial charge in [-0.2, -0.15) is 4.39 Å². The summed E-state index contributed by atoms with van der Waals surface area (Å²) in [6.07, 6.45) is 0.955. The summed E-state index contributed by atoms with van der Waals surface area (Å²) in [7, 11) is 0. The number of hydrogen-bond donors (Lipinski definition) is 0. The van der Waals surface area contributed by atoms with Gasteiger partial charge in [-0.05, 0) is 10.7 Å². The largest absolute Gasteiger partial charge is 0.539 e. The second-order valence-electron chi connectivity index (χ2n) is 2.56. The Bertz CT molecular complexity index is 470. The lowest BCUT2D eigenvalue weighted by atomic mass is 10.3.